The molecule has 4 rings (SSSR count). The van der Waals surface area contributed by atoms with Gasteiger partial charge in [-0.2, -0.15) is 0 Å². The molecular weight excluding hydrogens is 390 g/mol. The number of benzene rings is 1. The van der Waals surface area contributed by atoms with Crippen LogP contribution in [0, 0.1) is 11.3 Å². The first kappa shape index (κ1) is 21.6. The first-order valence-electron chi connectivity index (χ1n) is 11.5. The summed E-state index contributed by atoms with van der Waals surface area (Å²) in [6, 6.07) is 8.44. The number of rotatable bonds is 6. The molecule has 0 aliphatic heterocycles. The number of nitrogens with zero attached hydrogens (tertiary/aromatic N) is 1. The summed E-state index contributed by atoms with van der Waals surface area (Å²) in [5, 5.41) is 10.1. The number of carboxylic acid groups (broad SMARTS) is 1. The Kier molecular flexibility index (Phi) is 6.36. The Morgan fingerprint density at radius 2 is 1.93 bits per heavy atom. The predicted molar refractivity (Wildman–Crippen MR) is 125 cm³/mol. The fourth-order valence-electron chi connectivity index (χ4n) is 5.38. The summed E-state index contributed by atoms with van der Waals surface area (Å²) in [7, 11) is 2.21. The molecule has 1 heterocycles. The van der Waals surface area contributed by atoms with Crippen LogP contribution in [-0.4, -0.2) is 29.6 Å². The van der Waals surface area contributed by atoms with E-state index in [1.807, 2.05) is 6.07 Å². The molecule has 0 amide bonds. The number of aromatic carboxylic acids is 1. The van der Waals surface area contributed by atoms with Crippen LogP contribution < -0.4 is 0 Å². The topological polar surface area (TPSA) is 40.5 Å². The van der Waals surface area contributed by atoms with E-state index >= 15 is 0 Å². The monoisotopic (exact) mass is 425 g/mol. The summed E-state index contributed by atoms with van der Waals surface area (Å²) in [6.07, 6.45) is 9.82. The van der Waals surface area contributed by atoms with Crippen molar-refractivity contribution in [1.29, 1.82) is 0 Å². The summed E-state index contributed by atoms with van der Waals surface area (Å²) in [4.78, 5) is 17.0. The lowest BCUT2D eigenvalue weighted by Gasteiger charge is -2.29. The van der Waals surface area contributed by atoms with Gasteiger partial charge in [-0.05, 0) is 67.2 Å². The molecule has 0 radical (unpaired) electrons. The average Bonchev–Trinajstić information content (AvgIpc) is 3.06. The molecule has 1 aromatic carbocycles. The summed E-state index contributed by atoms with van der Waals surface area (Å²) >= 11 is 1.72. The third-order valence-electron chi connectivity index (χ3n) is 6.99. The van der Waals surface area contributed by atoms with E-state index in [-0.39, 0.29) is 5.41 Å². The number of carbonyl (C=O) groups is 1. The highest BCUT2D eigenvalue weighted by atomic mass is 32.1. The van der Waals surface area contributed by atoms with Crippen molar-refractivity contribution < 1.29 is 9.90 Å². The maximum atomic E-state index is 12.3. The van der Waals surface area contributed by atoms with Gasteiger partial charge in [0.25, 0.3) is 0 Å². The van der Waals surface area contributed by atoms with Crippen LogP contribution in [0.25, 0.3) is 10.4 Å². The lowest BCUT2D eigenvalue weighted by Crippen LogP contribution is -2.26. The molecule has 0 saturated heterocycles. The van der Waals surface area contributed by atoms with Crippen LogP contribution in [0.3, 0.4) is 0 Å². The van der Waals surface area contributed by atoms with Gasteiger partial charge in [-0.25, -0.2) is 4.79 Å². The Balaban J connectivity index is 1.64. The molecule has 0 bridgehead atoms. The van der Waals surface area contributed by atoms with E-state index in [0.29, 0.717) is 5.56 Å². The van der Waals surface area contributed by atoms with Gasteiger partial charge in [-0.3, -0.25) is 0 Å². The molecular formula is C26H35NO2S. The quantitative estimate of drug-likeness (QED) is 0.564. The van der Waals surface area contributed by atoms with E-state index in [9.17, 15) is 9.90 Å². The van der Waals surface area contributed by atoms with Crippen molar-refractivity contribution in [3.05, 3.63) is 45.8 Å². The summed E-state index contributed by atoms with van der Waals surface area (Å²) in [6.45, 7) is 6.52. The highest BCUT2D eigenvalue weighted by molar-refractivity contribution is 7.16. The van der Waals surface area contributed by atoms with Crippen LogP contribution in [0.5, 0.6) is 0 Å². The van der Waals surface area contributed by atoms with Gasteiger partial charge in [0.15, 0.2) is 0 Å². The first-order valence-corrected chi connectivity index (χ1v) is 12.3. The molecule has 0 spiro atoms. The van der Waals surface area contributed by atoms with Crippen molar-refractivity contribution in [3.8, 4) is 10.4 Å². The van der Waals surface area contributed by atoms with Gasteiger partial charge in [-0.15, -0.1) is 11.3 Å². The van der Waals surface area contributed by atoms with E-state index in [1.165, 1.54) is 42.5 Å². The summed E-state index contributed by atoms with van der Waals surface area (Å²) in [5.41, 5.74) is 4.18. The van der Waals surface area contributed by atoms with E-state index in [0.717, 1.165) is 54.3 Å². The highest BCUT2D eigenvalue weighted by Crippen LogP contribution is 2.45. The Morgan fingerprint density at radius 3 is 2.67 bits per heavy atom. The van der Waals surface area contributed by atoms with Gasteiger partial charge in [0.1, 0.15) is 0 Å². The zero-order valence-electron chi connectivity index (χ0n) is 18.7. The average molecular weight is 426 g/mol. The summed E-state index contributed by atoms with van der Waals surface area (Å²) < 4.78 is 0. The van der Waals surface area contributed by atoms with Gasteiger partial charge in [-0.1, -0.05) is 57.4 Å². The molecule has 30 heavy (non-hydrogen) atoms. The summed E-state index contributed by atoms with van der Waals surface area (Å²) in [5.74, 6) is 0.0346. The fraction of sp³-hybridized carbons (Fsp3) is 0.577. The van der Waals surface area contributed by atoms with Crippen LogP contribution in [0.15, 0.2) is 24.3 Å². The number of hydrogen-bond donors (Lipinski definition) is 1. The Hall–Kier alpha value is -1.65. The van der Waals surface area contributed by atoms with Crippen LogP contribution >= 0.6 is 11.3 Å². The second-order valence-corrected chi connectivity index (χ2v) is 11.3. The van der Waals surface area contributed by atoms with Crippen LogP contribution in [0.4, 0.5) is 0 Å². The van der Waals surface area contributed by atoms with Gasteiger partial charge in [0.05, 0.1) is 5.56 Å². The number of hydrogen-bond acceptors (Lipinski definition) is 3. The SMILES string of the molecule is CN(Cc1ccccc1-c1sc2c(c1C(=O)O)CC(C)(C)CC2)CC1CCCCC1. The predicted octanol–water partition coefficient (Wildman–Crippen LogP) is 6.64. The Labute approximate surface area is 185 Å². The largest absolute Gasteiger partial charge is 0.478 e. The standard InChI is InChI=1S/C26H35NO2S/c1-26(2)14-13-22-21(15-26)23(25(28)29)24(30-22)20-12-8-7-11-19(20)17-27(3)16-18-9-5-4-6-10-18/h7-8,11-12,18H,4-6,9-10,13-17H2,1-3H3,(H,28,29). The molecule has 1 N–H and O–H groups in total. The first-order chi connectivity index (χ1) is 14.3. The number of thiophene rings is 1. The maximum absolute atomic E-state index is 12.3. The minimum Gasteiger partial charge on any atom is -0.478 e. The van der Waals surface area contributed by atoms with Crippen LogP contribution in [-0.2, 0) is 19.4 Å². The molecule has 1 saturated carbocycles. The van der Waals surface area contributed by atoms with Crippen molar-refractivity contribution in [2.75, 3.05) is 13.6 Å². The molecule has 1 fully saturated rings. The highest BCUT2D eigenvalue weighted by Gasteiger charge is 2.33. The van der Waals surface area contributed by atoms with Crippen LogP contribution in [0.1, 0.15) is 78.7 Å². The van der Waals surface area contributed by atoms with E-state index in [4.69, 9.17) is 0 Å². The lowest BCUT2D eigenvalue weighted by molar-refractivity contribution is 0.0696. The second-order valence-electron chi connectivity index (χ2n) is 10.2. The minimum atomic E-state index is -0.773. The van der Waals surface area contributed by atoms with E-state index in [2.05, 4.69) is 44.0 Å². The van der Waals surface area contributed by atoms with Crippen molar-refractivity contribution >= 4 is 17.3 Å². The Bertz CT molecular complexity index is 908. The fourth-order valence-corrected chi connectivity index (χ4v) is 6.75. The lowest BCUT2D eigenvalue weighted by atomic mass is 9.76. The van der Waals surface area contributed by atoms with Gasteiger partial charge < -0.3 is 10.0 Å². The second kappa shape index (κ2) is 8.84. The number of carboxylic acids is 1. The molecule has 4 heteroatoms. The minimum absolute atomic E-state index is 0.176. The van der Waals surface area contributed by atoms with Crippen molar-refractivity contribution in [2.45, 2.75) is 71.8 Å². The van der Waals surface area contributed by atoms with Gasteiger partial charge >= 0.3 is 5.97 Å². The third kappa shape index (κ3) is 4.65. The van der Waals surface area contributed by atoms with E-state index in [1.54, 1.807) is 11.3 Å². The molecule has 2 aliphatic carbocycles. The van der Waals surface area contributed by atoms with Gasteiger partial charge in [0, 0.05) is 22.8 Å². The zero-order valence-corrected chi connectivity index (χ0v) is 19.5. The van der Waals surface area contributed by atoms with Crippen molar-refractivity contribution in [1.82, 2.24) is 4.90 Å². The zero-order chi connectivity index (χ0) is 21.3. The normalized spacial score (nSPS) is 19.1. The molecule has 162 valence electrons. The van der Waals surface area contributed by atoms with Gasteiger partial charge in [0.2, 0.25) is 0 Å². The molecule has 2 aliphatic rings. The number of aryl methyl sites for hydroxylation is 1. The smallest absolute Gasteiger partial charge is 0.337 e. The number of fused-ring (bicyclic) bond motifs is 1. The van der Waals surface area contributed by atoms with E-state index < -0.39 is 5.97 Å². The molecule has 3 nitrogen and oxygen atoms in total. The third-order valence-corrected chi connectivity index (χ3v) is 8.31. The van der Waals surface area contributed by atoms with Crippen molar-refractivity contribution in [3.63, 3.8) is 0 Å². The van der Waals surface area contributed by atoms with Crippen LogP contribution in [0.2, 0.25) is 0 Å². The molecule has 0 atom stereocenters. The Morgan fingerprint density at radius 1 is 1.20 bits per heavy atom. The molecule has 1 aromatic heterocycles. The van der Waals surface area contributed by atoms with Crippen molar-refractivity contribution in [2.24, 2.45) is 11.3 Å². The molecule has 2 aromatic rings. The molecule has 0 unspecified atom stereocenters. The maximum Gasteiger partial charge on any atom is 0.337 e.